The second kappa shape index (κ2) is 7.41. The lowest BCUT2D eigenvalue weighted by Gasteiger charge is -2.16. The molecule has 1 aromatic rings. The molecule has 0 aromatic heterocycles. The summed E-state index contributed by atoms with van der Waals surface area (Å²) in [4.78, 5) is 20.8. The van der Waals surface area contributed by atoms with Gasteiger partial charge in [-0.3, -0.25) is 9.42 Å². The van der Waals surface area contributed by atoms with Crippen molar-refractivity contribution in [2.45, 2.75) is 20.8 Å². The molecule has 0 amide bonds. The van der Waals surface area contributed by atoms with Crippen LogP contribution < -0.4 is 4.52 Å². The van der Waals surface area contributed by atoms with Crippen molar-refractivity contribution in [2.24, 2.45) is 0 Å². The summed E-state index contributed by atoms with van der Waals surface area (Å²) in [6.45, 7) is 5.57. The Bertz CT molecular complexity index is 593. The normalized spacial score (nSPS) is 14.0. The first-order valence-electron chi connectivity index (χ1n) is 6.34. The highest BCUT2D eigenvalue weighted by molar-refractivity contribution is 7.47. The molecule has 0 saturated carbocycles. The summed E-state index contributed by atoms with van der Waals surface area (Å²) in [6.07, 6.45) is 2.70. The van der Waals surface area contributed by atoms with Gasteiger partial charge < -0.3 is 9.26 Å². The van der Waals surface area contributed by atoms with Gasteiger partial charge in [0.25, 0.3) is 0 Å². The van der Waals surface area contributed by atoms with Crippen LogP contribution >= 0.6 is 7.82 Å². The molecule has 0 aliphatic carbocycles. The summed E-state index contributed by atoms with van der Waals surface area (Å²) in [6, 6.07) is 3.51. The van der Waals surface area contributed by atoms with E-state index in [9.17, 15) is 14.3 Å². The molecule has 21 heavy (non-hydrogen) atoms. The molecular weight excluding hydrogens is 295 g/mol. The van der Waals surface area contributed by atoms with Crippen LogP contribution in [0.2, 0.25) is 0 Å². The van der Waals surface area contributed by atoms with Crippen LogP contribution in [0.5, 0.6) is 5.75 Å². The zero-order valence-corrected chi connectivity index (χ0v) is 13.3. The first kappa shape index (κ1) is 17.4. The summed E-state index contributed by atoms with van der Waals surface area (Å²) >= 11 is 0. The minimum atomic E-state index is -4.18. The maximum absolute atomic E-state index is 11.6. The smallest absolute Gasteiger partial charge is 0.463 e. The van der Waals surface area contributed by atoms with Gasteiger partial charge in [-0.15, -0.1) is 0 Å². The number of ether oxygens (including phenoxy) is 1. The fourth-order valence-electron chi connectivity index (χ4n) is 1.56. The van der Waals surface area contributed by atoms with E-state index in [0.29, 0.717) is 11.1 Å². The van der Waals surface area contributed by atoms with E-state index in [2.05, 4.69) is 4.52 Å². The van der Waals surface area contributed by atoms with Gasteiger partial charge in [0.2, 0.25) is 0 Å². The third-order valence-electron chi connectivity index (χ3n) is 2.83. The molecule has 1 atom stereocenters. The molecule has 0 radical (unpaired) electrons. The fourth-order valence-corrected chi connectivity index (χ4v) is 2.11. The van der Waals surface area contributed by atoms with Crippen LogP contribution in [0.4, 0.5) is 0 Å². The Morgan fingerprint density at radius 3 is 2.62 bits per heavy atom. The zero-order chi connectivity index (χ0) is 16.0. The summed E-state index contributed by atoms with van der Waals surface area (Å²) in [5, 5.41) is 0. The van der Waals surface area contributed by atoms with Crippen molar-refractivity contribution >= 4 is 19.9 Å². The predicted molar refractivity (Wildman–Crippen MR) is 79.0 cm³/mol. The van der Waals surface area contributed by atoms with E-state index in [1.807, 2.05) is 13.0 Å². The zero-order valence-electron chi connectivity index (χ0n) is 12.5. The third-order valence-corrected chi connectivity index (χ3v) is 3.70. The van der Waals surface area contributed by atoms with Crippen molar-refractivity contribution in [3.8, 4) is 5.75 Å². The molecule has 0 saturated heterocycles. The number of benzene rings is 1. The van der Waals surface area contributed by atoms with Crippen molar-refractivity contribution in [2.75, 3.05) is 13.7 Å². The molecule has 0 aliphatic rings. The van der Waals surface area contributed by atoms with Crippen molar-refractivity contribution in [3.63, 3.8) is 0 Å². The number of aryl methyl sites for hydroxylation is 1. The van der Waals surface area contributed by atoms with Crippen LogP contribution in [-0.4, -0.2) is 24.6 Å². The fraction of sp³-hybridized carbons (Fsp3) is 0.357. The molecule has 116 valence electrons. The van der Waals surface area contributed by atoms with Crippen LogP contribution in [-0.2, 0) is 18.6 Å². The molecule has 0 bridgehead atoms. The second-order valence-electron chi connectivity index (χ2n) is 4.25. The van der Waals surface area contributed by atoms with Gasteiger partial charge in [0.15, 0.2) is 0 Å². The molecule has 1 N–H and O–H groups in total. The van der Waals surface area contributed by atoms with Gasteiger partial charge in [-0.2, -0.15) is 0 Å². The number of carbonyl (C=O) groups is 1. The van der Waals surface area contributed by atoms with Crippen LogP contribution in [0.1, 0.15) is 23.6 Å². The SMILES string of the molecule is CCOC(=O)/C=C/c1ccc(C)c(C)c1OP(=O)(O)OC. The predicted octanol–water partition coefficient (Wildman–Crippen LogP) is 3.01. The number of rotatable bonds is 6. The number of hydrogen-bond donors (Lipinski definition) is 1. The molecule has 1 aromatic carbocycles. The van der Waals surface area contributed by atoms with E-state index in [1.165, 1.54) is 12.2 Å². The summed E-state index contributed by atoms with van der Waals surface area (Å²) < 4.78 is 25.9. The maximum atomic E-state index is 11.6. The molecule has 6 nitrogen and oxygen atoms in total. The van der Waals surface area contributed by atoms with Gasteiger partial charge >= 0.3 is 13.8 Å². The average molecular weight is 314 g/mol. The standard InChI is InChI=1S/C14H19O6P/c1-5-19-13(15)9-8-12-7-6-10(2)11(3)14(12)20-21(16,17)18-4/h6-9H,5H2,1-4H3,(H,16,17)/b9-8+. The van der Waals surface area contributed by atoms with Gasteiger partial charge in [0.05, 0.1) is 6.61 Å². The Hall–Kier alpha value is -1.62. The summed E-state index contributed by atoms with van der Waals surface area (Å²) in [5.74, 6) is -0.302. The molecule has 0 aliphatic heterocycles. The lowest BCUT2D eigenvalue weighted by Crippen LogP contribution is -2.01. The Morgan fingerprint density at radius 2 is 2.05 bits per heavy atom. The largest absolute Gasteiger partial charge is 0.527 e. The number of phosphoric acid groups is 1. The van der Waals surface area contributed by atoms with Crippen molar-refractivity contribution in [1.29, 1.82) is 0 Å². The van der Waals surface area contributed by atoms with Gasteiger partial charge in [0, 0.05) is 18.7 Å². The van der Waals surface area contributed by atoms with Crippen molar-refractivity contribution < 1.29 is 28.0 Å². The number of esters is 1. The lowest BCUT2D eigenvalue weighted by atomic mass is 10.0. The van der Waals surface area contributed by atoms with E-state index < -0.39 is 13.8 Å². The minimum Gasteiger partial charge on any atom is -0.463 e. The molecule has 7 heteroatoms. The summed E-state index contributed by atoms with van der Waals surface area (Å²) in [7, 11) is -3.10. The molecule has 1 unspecified atom stereocenters. The van der Waals surface area contributed by atoms with E-state index in [1.54, 1.807) is 19.9 Å². The third kappa shape index (κ3) is 5.01. The number of carbonyl (C=O) groups excluding carboxylic acids is 1. The Morgan fingerprint density at radius 1 is 1.38 bits per heavy atom. The van der Waals surface area contributed by atoms with Gasteiger partial charge in [0.1, 0.15) is 5.75 Å². The van der Waals surface area contributed by atoms with Crippen LogP contribution in [0.15, 0.2) is 18.2 Å². The Balaban J connectivity index is 3.18. The minimum absolute atomic E-state index is 0.197. The highest BCUT2D eigenvalue weighted by atomic mass is 31.2. The number of hydrogen-bond acceptors (Lipinski definition) is 5. The Kier molecular flexibility index (Phi) is 6.15. The molecule has 0 fully saturated rings. The molecule has 1 rings (SSSR count). The highest BCUT2D eigenvalue weighted by Crippen LogP contribution is 2.45. The topological polar surface area (TPSA) is 82.1 Å². The van der Waals surface area contributed by atoms with E-state index in [4.69, 9.17) is 9.26 Å². The van der Waals surface area contributed by atoms with Crippen molar-refractivity contribution in [3.05, 3.63) is 34.9 Å². The first-order chi connectivity index (χ1) is 9.80. The molecular formula is C14H19O6P. The average Bonchev–Trinajstić information content (AvgIpc) is 2.43. The highest BCUT2D eigenvalue weighted by Gasteiger charge is 2.23. The second-order valence-corrected chi connectivity index (χ2v) is 5.74. The quantitative estimate of drug-likeness (QED) is 0.494. The van der Waals surface area contributed by atoms with Gasteiger partial charge in [-0.05, 0) is 38.0 Å². The number of phosphoric ester groups is 1. The van der Waals surface area contributed by atoms with E-state index >= 15 is 0 Å². The van der Waals surface area contributed by atoms with Crippen LogP contribution in [0, 0.1) is 13.8 Å². The van der Waals surface area contributed by atoms with Crippen LogP contribution in [0.3, 0.4) is 0 Å². The van der Waals surface area contributed by atoms with Crippen molar-refractivity contribution in [1.82, 2.24) is 0 Å². The van der Waals surface area contributed by atoms with Crippen LogP contribution in [0.25, 0.3) is 6.08 Å². The lowest BCUT2D eigenvalue weighted by molar-refractivity contribution is -0.137. The van der Waals surface area contributed by atoms with Gasteiger partial charge in [-0.1, -0.05) is 12.1 Å². The summed E-state index contributed by atoms with van der Waals surface area (Å²) in [5.41, 5.74) is 2.05. The van der Waals surface area contributed by atoms with E-state index in [-0.39, 0.29) is 12.4 Å². The van der Waals surface area contributed by atoms with E-state index in [0.717, 1.165) is 12.7 Å². The molecule has 0 spiro atoms. The van der Waals surface area contributed by atoms with Gasteiger partial charge in [-0.25, -0.2) is 9.36 Å². The Labute approximate surface area is 124 Å². The monoisotopic (exact) mass is 314 g/mol. The first-order valence-corrected chi connectivity index (χ1v) is 7.83. The molecule has 0 heterocycles. The maximum Gasteiger partial charge on any atom is 0.527 e.